The van der Waals surface area contributed by atoms with Crippen molar-refractivity contribution in [2.75, 3.05) is 0 Å². The maximum Gasteiger partial charge on any atom is 0.302 e. The highest BCUT2D eigenvalue weighted by Crippen LogP contribution is 2.04. The summed E-state index contributed by atoms with van der Waals surface area (Å²) in [6.45, 7) is 4.92. The summed E-state index contributed by atoms with van der Waals surface area (Å²) in [6, 6.07) is 0. The molecule has 0 spiro atoms. The molecule has 0 heterocycles. The Labute approximate surface area is 68.4 Å². The number of hydrogen-bond donors (Lipinski definition) is 2. The normalized spacial score (nSPS) is 18.8. The fraction of sp³-hybridized carbons (Fsp3) is 0.667. The van der Waals surface area contributed by atoms with Crippen LogP contribution in [0.25, 0.3) is 0 Å². The monoisotopic (exact) mass is 180 g/mol. The van der Waals surface area contributed by atoms with E-state index in [0.717, 1.165) is 0 Å². The van der Waals surface area contributed by atoms with Crippen molar-refractivity contribution in [2.24, 2.45) is 0 Å². The Morgan fingerprint density at radius 2 is 2.36 bits per heavy atom. The lowest BCUT2D eigenvalue weighted by Gasteiger charge is -2.14. The van der Waals surface area contributed by atoms with Gasteiger partial charge in [-0.05, 0) is 13.3 Å². The molecule has 0 aromatic carbocycles. The van der Waals surface area contributed by atoms with Gasteiger partial charge in [-0.3, -0.25) is 8.74 Å². The zero-order valence-electron chi connectivity index (χ0n) is 6.27. The molecule has 0 rings (SSSR count). The number of hydrogen-bond acceptors (Lipinski definition) is 3. The number of aliphatic hydroxyl groups is 1. The fourth-order valence-electron chi connectivity index (χ4n) is 0.556. The molecule has 0 bridgehead atoms. The Morgan fingerprint density at radius 1 is 1.82 bits per heavy atom. The quantitative estimate of drug-likeness (QED) is 0.476. The molecule has 0 aliphatic heterocycles. The van der Waals surface area contributed by atoms with Crippen LogP contribution in [0.1, 0.15) is 13.3 Å². The highest BCUT2D eigenvalue weighted by Gasteiger charge is 2.15. The number of aliphatic hydroxyl groups excluding tert-OH is 1. The summed E-state index contributed by atoms with van der Waals surface area (Å²) >= 11 is -2.31. The first-order chi connectivity index (χ1) is 5.07. The second kappa shape index (κ2) is 5.42. The van der Waals surface area contributed by atoms with Gasteiger partial charge in [0.15, 0.2) is 0 Å². The van der Waals surface area contributed by atoms with Gasteiger partial charge in [0.25, 0.3) is 0 Å². The molecule has 5 heteroatoms. The summed E-state index contributed by atoms with van der Waals surface area (Å²) < 4.78 is 22.7. The molecular weight excluding hydrogens is 168 g/mol. The van der Waals surface area contributed by atoms with E-state index in [1.54, 1.807) is 0 Å². The highest BCUT2D eigenvalue weighted by atomic mass is 32.2. The Bertz CT molecular complexity index is 148. The number of rotatable bonds is 5. The molecule has 0 amide bonds. The van der Waals surface area contributed by atoms with E-state index >= 15 is 0 Å². The molecule has 0 aliphatic carbocycles. The van der Waals surface area contributed by atoms with Crippen LogP contribution < -0.4 is 0 Å². The van der Waals surface area contributed by atoms with Crippen molar-refractivity contribution in [2.45, 2.75) is 25.6 Å². The summed E-state index contributed by atoms with van der Waals surface area (Å²) in [6.07, 6.45) is 0.436. The summed E-state index contributed by atoms with van der Waals surface area (Å²) in [5.74, 6) is 0. The molecule has 0 saturated carbocycles. The van der Waals surface area contributed by atoms with Gasteiger partial charge in [0.2, 0.25) is 0 Å². The third-order valence-corrected chi connectivity index (χ3v) is 1.65. The lowest BCUT2D eigenvalue weighted by atomic mass is 10.2. The van der Waals surface area contributed by atoms with Crippen LogP contribution in [0.4, 0.5) is 0 Å². The summed E-state index contributed by atoms with van der Waals surface area (Å²) in [5.41, 5.74) is 0. The van der Waals surface area contributed by atoms with Gasteiger partial charge in [0, 0.05) is 0 Å². The molecule has 2 N–H and O–H groups in total. The minimum atomic E-state index is -2.31. The van der Waals surface area contributed by atoms with E-state index in [2.05, 4.69) is 10.8 Å². The molecule has 0 radical (unpaired) electrons. The molecular formula is C6H12O4S. The average molecular weight is 180 g/mol. The van der Waals surface area contributed by atoms with Crippen LogP contribution >= 0.6 is 0 Å². The van der Waals surface area contributed by atoms with Gasteiger partial charge in [-0.25, -0.2) is 0 Å². The second-order valence-corrected chi connectivity index (χ2v) is 2.74. The van der Waals surface area contributed by atoms with Gasteiger partial charge in [-0.2, -0.15) is 4.21 Å². The van der Waals surface area contributed by atoms with Gasteiger partial charge < -0.3 is 5.11 Å². The zero-order chi connectivity index (χ0) is 8.85. The van der Waals surface area contributed by atoms with Crippen molar-refractivity contribution >= 4 is 11.4 Å². The van der Waals surface area contributed by atoms with Crippen molar-refractivity contribution in [3.05, 3.63) is 12.7 Å². The molecule has 11 heavy (non-hydrogen) atoms. The van der Waals surface area contributed by atoms with Crippen molar-refractivity contribution in [3.8, 4) is 0 Å². The summed E-state index contributed by atoms with van der Waals surface area (Å²) in [5, 5.41) is 9.12. The predicted octanol–water partition coefficient (Wildman–Crippen LogP) is 0.465. The first-order valence-corrected chi connectivity index (χ1v) is 4.18. The average Bonchev–Trinajstić information content (AvgIpc) is 1.86. The minimum absolute atomic E-state index is 0.346. The maximum absolute atomic E-state index is 10.1. The predicted molar refractivity (Wildman–Crippen MR) is 42.1 cm³/mol. The Hall–Kier alpha value is -0.230. The first kappa shape index (κ1) is 10.8. The van der Waals surface area contributed by atoms with Gasteiger partial charge >= 0.3 is 11.4 Å². The van der Waals surface area contributed by atoms with Crippen molar-refractivity contribution in [3.63, 3.8) is 0 Å². The van der Waals surface area contributed by atoms with Gasteiger partial charge in [0.05, 0.1) is 6.10 Å². The van der Waals surface area contributed by atoms with Crippen LogP contribution in [0.3, 0.4) is 0 Å². The van der Waals surface area contributed by atoms with Crippen LogP contribution in [0, 0.1) is 0 Å². The second-order valence-electron chi connectivity index (χ2n) is 2.11. The van der Waals surface area contributed by atoms with E-state index in [-0.39, 0.29) is 0 Å². The Balaban J connectivity index is 3.71. The standard InChI is InChI=1S/C6H12O4S/c1-3-4-6(7)5(2)10-11(8)9/h3,5-7H,1,4H2,2H3,(H,8,9). The SMILES string of the molecule is C=CCC(O)C(C)OS(=O)O. The van der Waals surface area contributed by atoms with E-state index in [0.29, 0.717) is 6.42 Å². The highest BCUT2D eigenvalue weighted by molar-refractivity contribution is 7.74. The largest absolute Gasteiger partial charge is 0.390 e. The maximum atomic E-state index is 10.1. The third-order valence-electron chi connectivity index (χ3n) is 1.18. The molecule has 4 nitrogen and oxygen atoms in total. The lowest BCUT2D eigenvalue weighted by molar-refractivity contribution is 0.0525. The lowest BCUT2D eigenvalue weighted by Crippen LogP contribution is -2.25. The smallest absolute Gasteiger partial charge is 0.302 e. The topological polar surface area (TPSA) is 66.8 Å². The van der Waals surface area contributed by atoms with Crippen LogP contribution in [0.5, 0.6) is 0 Å². The van der Waals surface area contributed by atoms with Crippen LogP contribution in [-0.2, 0) is 15.5 Å². The van der Waals surface area contributed by atoms with Crippen LogP contribution in [0.15, 0.2) is 12.7 Å². The molecule has 3 unspecified atom stereocenters. The third kappa shape index (κ3) is 5.09. The van der Waals surface area contributed by atoms with Gasteiger partial charge in [-0.15, -0.1) is 6.58 Å². The minimum Gasteiger partial charge on any atom is -0.390 e. The van der Waals surface area contributed by atoms with Gasteiger partial charge in [0.1, 0.15) is 6.10 Å². The molecule has 3 atom stereocenters. The van der Waals surface area contributed by atoms with Gasteiger partial charge in [-0.1, -0.05) is 6.08 Å². The van der Waals surface area contributed by atoms with E-state index in [1.807, 2.05) is 0 Å². The van der Waals surface area contributed by atoms with Crippen molar-refractivity contribution in [1.29, 1.82) is 0 Å². The molecule has 0 aliphatic rings. The van der Waals surface area contributed by atoms with E-state index < -0.39 is 23.6 Å². The Kier molecular flexibility index (Phi) is 5.31. The summed E-state index contributed by atoms with van der Waals surface area (Å²) in [4.78, 5) is 0. The molecule has 0 aromatic rings. The van der Waals surface area contributed by atoms with Crippen molar-refractivity contribution in [1.82, 2.24) is 0 Å². The Morgan fingerprint density at radius 3 is 2.73 bits per heavy atom. The first-order valence-electron chi connectivity index (χ1n) is 3.15. The molecule has 0 aromatic heterocycles. The van der Waals surface area contributed by atoms with Crippen molar-refractivity contribution < 1.29 is 18.1 Å². The molecule has 0 fully saturated rings. The zero-order valence-corrected chi connectivity index (χ0v) is 7.08. The molecule has 0 saturated heterocycles. The summed E-state index contributed by atoms with van der Waals surface area (Å²) in [7, 11) is 0. The molecule has 66 valence electrons. The fourth-order valence-corrected chi connectivity index (χ4v) is 0.944. The van der Waals surface area contributed by atoms with Crippen LogP contribution in [-0.4, -0.2) is 26.1 Å². The van der Waals surface area contributed by atoms with E-state index in [1.165, 1.54) is 13.0 Å². The van der Waals surface area contributed by atoms with E-state index in [9.17, 15) is 4.21 Å². The van der Waals surface area contributed by atoms with Crippen LogP contribution in [0.2, 0.25) is 0 Å². The van der Waals surface area contributed by atoms with E-state index in [4.69, 9.17) is 9.66 Å².